The first kappa shape index (κ1) is 27.1. The van der Waals surface area contributed by atoms with E-state index in [-0.39, 0.29) is 41.1 Å². The molecule has 0 amide bonds. The number of hydrogen-bond donors (Lipinski definition) is 2. The number of carbonyl (C=O) groups excluding carboxylic acids is 1. The second-order valence-corrected chi connectivity index (χ2v) is 8.85. The normalized spacial score (nSPS) is 11.6. The van der Waals surface area contributed by atoms with Gasteiger partial charge in [-0.1, -0.05) is 43.3 Å². The van der Waals surface area contributed by atoms with E-state index in [9.17, 15) is 23.2 Å². The second-order valence-electron chi connectivity index (χ2n) is 8.85. The molecule has 4 aromatic rings. The summed E-state index contributed by atoms with van der Waals surface area (Å²) in [6.45, 7) is -0.815. The molecule has 0 fully saturated rings. The maximum Gasteiger partial charge on any atom is 0.387 e. The predicted molar refractivity (Wildman–Crippen MR) is 141 cm³/mol. The van der Waals surface area contributed by atoms with Gasteiger partial charge in [-0.3, -0.25) is 4.79 Å². The number of nitrogens with two attached hydrogens (primary N) is 1. The molecule has 0 radical (unpaired) electrons. The van der Waals surface area contributed by atoms with Crippen LogP contribution in [0.4, 0.5) is 24.8 Å². The first-order valence-corrected chi connectivity index (χ1v) is 12.0. The van der Waals surface area contributed by atoms with Gasteiger partial charge in [0.15, 0.2) is 17.4 Å². The number of nitrogens with one attached hydrogen (secondary N) is 1. The number of benzene rings is 2. The number of nitriles is 1. The predicted octanol–water partition coefficient (Wildman–Crippen LogP) is 6.33. The Morgan fingerprint density at radius 3 is 2.44 bits per heavy atom. The lowest BCUT2D eigenvalue weighted by atomic mass is 9.93. The van der Waals surface area contributed by atoms with Crippen molar-refractivity contribution in [1.82, 2.24) is 9.97 Å². The molecule has 2 heterocycles. The molecule has 1 atom stereocenters. The van der Waals surface area contributed by atoms with Crippen molar-refractivity contribution in [2.75, 3.05) is 11.1 Å². The van der Waals surface area contributed by atoms with E-state index in [4.69, 9.17) is 5.73 Å². The lowest BCUT2D eigenvalue weighted by molar-refractivity contribution is -0.0494. The highest BCUT2D eigenvalue weighted by atomic mass is 19.3. The molecule has 198 valence electrons. The van der Waals surface area contributed by atoms with E-state index in [0.29, 0.717) is 29.1 Å². The van der Waals surface area contributed by atoms with Crippen LogP contribution in [0.5, 0.6) is 5.75 Å². The average Bonchev–Trinajstić information content (AvgIpc) is 2.93. The van der Waals surface area contributed by atoms with Crippen LogP contribution in [-0.4, -0.2) is 22.4 Å². The first-order chi connectivity index (χ1) is 18.7. The van der Waals surface area contributed by atoms with Crippen LogP contribution in [0.15, 0.2) is 73.1 Å². The number of ether oxygens (including phenoxy) is 1. The van der Waals surface area contributed by atoms with E-state index in [1.807, 2.05) is 25.1 Å². The van der Waals surface area contributed by atoms with Crippen molar-refractivity contribution in [1.29, 1.82) is 5.26 Å². The monoisotopic (exact) mass is 531 g/mol. The molecule has 39 heavy (non-hydrogen) atoms. The van der Waals surface area contributed by atoms with Gasteiger partial charge in [0.2, 0.25) is 0 Å². The fourth-order valence-electron chi connectivity index (χ4n) is 3.98. The Bertz CT molecular complexity index is 1500. The molecule has 2 aromatic heterocycles. The number of hydrogen-bond acceptors (Lipinski definition) is 7. The number of rotatable bonds is 10. The Hall–Kier alpha value is -4.91. The molecule has 4 rings (SSSR count). The van der Waals surface area contributed by atoms with Crippen molar-refractivity contribution in [3.63, 3.8) is 0 Å². The molecule has 0 bridgehead atoms. The Morgan fingerprint density at radius 1 is 1.05 bits per heavy atom. The van der Waals surface area contributed by atoms with Crippen LogP contribution in [0.1, 0.15) is 46.3 Å². The molecule has 2 aromatic carbocycles. The minimum Gasteiger partial charge on any atom is -0.431 e. The Morgan fingerprint density at radius 2 is 1.77 bits per heavy atom. The van der Waals surface area contributed by atoms with Gasteiger partial charge in [0.05, 0.1) is 11.1 Å². The van der Waals surface area contributed by atoms with Gasteiger partial charge in [-0.25, -0.2) is 14.4 Å². The summed E-state index contributed by atoms with van der Waals surface area (Å²) in [7, 11) is 0. The molecule has 0 aliphatic heterocycles. The van der Waals surface area contributed by atoms with E-state index in [1.165, 1.54) is 36.7 Å². The molecule has 10 heteroatoms. The number of Topliss-reactive ketones (excluding diaryl/α,β-unsaturated/α-hetero) is 1. The summed E-state index contributed by atoms with van der Waals surface area (Å²) in [5, 5.41) is 12.5. The fourth-order valence-corrected chi connectivity index (χ4v) is 3.98. The van der Waals surface area contributed by atoms with Gasteiger partial charge in [0.1, 0.15) is 17.7 Å². The summed E-state index contributed by atoms with van der Waals surface area (Å²) in [5.74, 6) is -0.715. The standard InChI is InChI=1S/C29H24F3N5O2/c1-17(20-6-8-23(30)9-7-20)10-25(38)24-11-19(13-33)15-37-28(24)36-14-18-2-4-21(5-3-18)22-12-26(39-29(31)32)27(34)35-16-22/h2-9,11-12,15-17,29H,10,14H2,1H3,(H2,34,35)(H,36,37)/t17-/m1/s1. The summed E-state index contributed by atoms with van der Waals surface area (Å²) < 4.78 is 42.9. The summed E-state index contributed by atoms with van der Waals surface area (Å²) in [5.41, 5.74) is 9.11. The first-order valence-electron chi connectivity index (χ1n) is 12.0. The molecule has 3 N–H and O–H groups in total. The second kappa shape index (κ2) is 12.1. The maximum atomic E-state index is 13.3. The molecule has 0 spiro atoms. The van der Waals surface area contributed by atoms with Crippen LogP contribution in [0, 0.1) is 17.1 Å². The Balaban J connectivity index is 1.47. The summed E-state index contributed by atoms with van der Waals surface area (Å²) in [6.07, 6.45) is 3.00. The SMILES string of the molecule is C[C@H](CC(=O)c1cc(C#N)cnc1NCc1ccc(-c2cnc(N)c(OC(F)F)c2)cc1)c1ccc(F)cc1. The van der Waals surface area contributed by atoms with E-state index in [1.54, 1.807) is 24.3 Å². The molecular formula is C29H24F3N5O2. The minimum absolute atomic E-state index is 0.132. The number of nitrogen functional groups attached to an aromatic ring is 1. The van der Waals surface area contributed by atoms with Crippen LogP contribution in [0.3, 0.4) is 0 Å². The molecular weight excluding hydrogens is 507 g/mol. The highest BCUT2D eigenvalue weighted by molar-refractivity contribution is 6.01. The van der Waals surface area contributed by atoms with Gasteiger partial charge in [0.25, 0.3) is 0 Å². The number of alkyl halides is 2. The number of carbonyl (C=O) groups is 1. The third-order valence-electron chi connectivity index (χ3n) is 6.09. The van der Waals surface area contributed by atoms with Crippen LogP contribution in [-0.2, 0) is 6.54 Å². The van der Waals surface area contributed by atoms with Crippen molar-refractivity contribution in [2.45, 2.75) is 32.4 Å². The zero-order valence-corrected chi connectivity index (χ0v) is 20.9. The third-order valence-corrected chi connectivity index (χ3v) is 6.09. The van der Waals surface area contributed by atoms with Crippen molar-refractivity contribution in [3.8, 4) is 22.9 Å². The quantitative estimate of drug-likeness (QED) is 0.230. The zero-order chi connectivity index (χ0) is 27.9. The summed E-state index contributed by atoms with van der Waals surface area (Å²) in [4.78, 5) is 21.4. The number of anilines is 2. The number of ketones is 1. The van der Waals surface area contributed by atoms with Crippen molar-refractivity contribution < 1.29 is 22.7 Å². The maximum absolute atomic E-state index is 13.3. The number of halogens is 3. The van der Waals surface area contributed by atoms with Gasteiger partial charge < -0.3 is 15.8 Å². The van der Waals surface area contributed by atoms with Gasteiger partial charge in [0, 0.05) is 30.9 Å². The van der Waals surface area contributed by atoms with Crippen LogP contribution < -0.4 is 15.8 Å². The van der Waals surface area contributed by atoms with E-state index in [0.717, 1.165) is 11.1 Å². The number of pyridine rings is 2. The van der Waals surface area contributed by atoms with E-state index in [2.05, 4.69) is 20.0 Å². The van der Waals surface area contributed by atoms with Gasteiger partial charge in [-0.05, 0) is 46.9 Å². The van der Waals surface area contributed by atoms with Crippen LogP contribution >= 0.6 is 0 Å². The van der Waals surface area contributed by atoms with E-state index < -0.39 is 6.61 Å². The van der Waals surface area contributed by atoms with Crippen LogP contribution in [0.25, 0.3) is 11.1 Å². The molecule has 0 aliphatic carbocycles. The van der Waals surface area contributed by atoms with Gasteiger partial charge in [-0.15, -0.1) is 0 Å². The summed E-state index contributed by atoms with van der Waals surface area (Å²) in [6, 6.07) is 18.1. The molecule has 7 nitrogen and oxygen atoms in total. The largest absolute Gasteiger partial charge is 0.431 e. The molecule has 0 aliphatic rings. The van der Waals surface area contributed by atoms with Crippen molar-refractivity contribution in [3.05, 3.63) is 101 Å². The zero-order valence-electron chi connectivity index (χ0n) is 20.9. The number of aromatic nitrogens is 2. The van der Waals surface area contributed by atoms with Crippen LogP contribution in [0.2, 0.25) is 0 Å². The summed E-state index contributed by atoms with van der Waals surface area (Å²) >= 11 is 0. The van der Waals surface area contributed by atoms with Gasteiger partial charge in [-0.2, -0.15) is 14.0 Å². The minimum atomic E-state index is -3.02. The Kier molecular flexibility index (Phi) is 8.41. The Labute approximate surface area is 223 Å². The smallest absolute Gasteiger partial charge is 0.387 e. The van der Waals surface area contributed by atoms with Gasteiger partial charge >= 0.3 is 6.61 Å². The third kappa shape index (κ3) is 6.90. The lowest BCUT2D eigenvalue weighted by Crippen LogP contribution is -2.11. The van der Waals surface area contributed by atoms with Crippen molar-refractivity contribution in [2.24, 2.45) is 0 Å². The lowest BCUT2D eigenvalue weighted by Gasteiger charge is -2.14. The molecule has 0 saturated heterocycles. The van der Waals surface area contributed by atoms with E-state index >= 15 is 0 Å². The molecule has 0 saturated carbocycles. The number of nitrogens with zero attached hydrogens (tertiary/aromatic N) is 3. The highest BCUT2D eigenvalue weighted by Crippen LogP contribution is 2.29. The topological polar surface area (TPSA) is 114 Å². The highest BCUT2D eigenvalue weighted by Gasteiger charge is 2.18. The fraction of sp³-hybridized carbons (Fsp3) is 0.172. The molecule has 0 unspecified atom stereocenters. The average molecular weight is 532 g/mol. The van der Waals surface area contributed by atoms with Crippen molar-refractivity contribution >= 4 is 17.4 Å².